The number of carbonyl (C=O) groups is 1. The largest absolute Gasteiger partial charge is 0.469 e. The van der Waals surface area contributed by atoms with Gasteiger partial charge in [-0.1, -0.05) is 19.3 Å². The second-order valence-electron chi connectivity index (χ2n) is 5.01. The molecule has 0 aliphatic heterocycles. The lowest BCUT2D eigenvalue weighted by Gasteiger charge is -2.16. The second kappa shape index (κ2) is 12.2. The SMILES string of the molecule is CN=C(NCCCCCC(=O)OC)NC1CCCC1.I. The lowest BCUT2D eigenvalue weighted by Crippen LogP contribution is -2.42. The zero-order valence-electron chi connectivity index (χ0n) is 12.6. The van der Waals surface area contributed by atoms with E-state index in [0.717, 1.165) is 31.8 Å². The number of nitrogens with one attached hydrogen (secondary N) is 2. The van der Waals surface area contributed by atoms with Gasteiger partial charge in [-0.2, -0.15) is 0 Å². The van der Waals surface area contributed by atoms with Gasteiger partial charge in [0.2, 0.25) is 0 Å². The maximum absolute atomic E-state index is 10.9. The third-order valence-corrected chi connectivity index (χ3v) is 3.50. The van der Waals surface area contributed by atoms with Gasteiger partial charge in [-0.3, -0.25) is 9.79 Å². The lowest BCUT2D eigenvalue weighted by atomic mass is 10.2. The molecular formula is C14H28IN3O2. The van der Waals surface area contributed by atoms with E-state index in [4.69, 9.17) is 0 Å². The number of guanidine groups is 1. The van der Waals surface area contributed by atoms with Crippen LogP contribution in [0.5, 0.6) is 0 Å². The summed E-state index contributed by atoms with van der Waals surface area (Å²) in [6, 6.07) is 0.588. The molecular weight excluding hydrogens is 369 g/mol. The van der Waals surface area contributed by atoms with Crippen LogP contribution in [0.25, 0.3) is 0 Å². The molecule has 0 aromatic heterocycles. The van der Waals surface area contributed by atoms with Gasteiger partial charge in [0, 0.05) is 26.1 Å². The van der Waals surface area contributed by atoms with Crippen LogP contribution in [-0.4, -0.2) is 38.7 Å². The number of aliphatic imine (C=N–C) groups is 1. The Hall–Kier alpha value is -0.530. The number of hydrogen-bond donors (Lipinski definition) is 2. The summed E-state index contributed by atoms with van der Waals surface area (Å²) < 4.78 is 4.60. The molecule has 1 saturated carbocycles. The fourth-order valence-electron chi connectivity index (χ4n) is 2.34. The molecule has 0 aromatic carbocycles. The molecule has 0 bridgehead atoms. The van der Waals surface area contributed by atoms with Gasteiger partial charge < -0.3 is 15.4 Å². The molecule has 0 aromatic rings. The summed E-state index contributed by atoms with van der Waals surface area (Å²) in [6.45, 7) is 0.896. The maximum atomic E-state index is 10.9. The molecule has 0 spiro atoms. The number of ether oxygens (including phenoxy) is 1. The van der Waals surface area contributed by atoms with Crippen LogP contribution in [0.2, 0.25) is 0 Å². The molecule has 5 nitrogen and oxygen atoms in total. The summed E-state index contributed by atoms with van der Waals surface area (Å²) in [5.41, 5.74) is 0. The van der Waals surface area contributed by atoms with Crippen LogP contribution >= 0.6 is 24.0 Å². The summed E-state index contributed by atoms with van der Waals surface area (Å²) >= 11 is 0. The van der Waals surface area contributed by atoms with Crippen molar-refractivity contribution >= 4 is 35.9 Å². The van der Waals surface area contributed by atoms with Crippen LogP contribution in [0.4, 0.5) is 0 Å². The van der Waals surface area contributed by atoms with Gasteiger partial charge >= 0.3 is 5.97 Å². The number of nitrogens with zero attached hydrogens (tertiary/aromatic N) is 1. The number of carbonyl (C=O) groups excluding carboxylic acids is 1. The average molecular weight is 397 g/mol. The van der Waals surface area contributed by atoms with Crippen molar-refractivity contribution in [3.8, 4) is 0 Å². The van der Waals surface area contributed by atoms with Crippen molar-refractivity contribution in [2.45, 2.75) is 57.4 Å². The molecule has 1 aliphatic carbocycles. The Kier molecular flexibility index (Phi) is 11.9. The van der Waals surface area contributed by atoms with Crippen LogP contribution < -0.4 is 10.6 Å². The minimum atomic E-state index is -0.119. The predicted octanol–water partition coefficient (Wildman–Crippen LogP) is 2.45. The first-order chi connectivity index (χ1) is 9.26. The Bertz CT molecular complexity index is 292. The molecule has 118 valence electrons. The highest BCUT2D eigenvalue weighted by atomic mass is 127. The van der Waals surface area contributed by atoms with Crippen LogP contribution in [-0.2, 0) is 9.53 Å². The Morgan fingerprint density at radius 1 is 1.25 bits per heavy atom. The zero-order chi connectivity index (χ0) is 13.9. The predicted molar refractivity (Wildman–Crippen MR) is 92.7 cm³/mol. The minimum absolute atomic E-state index is 0. The fourth-order valence-corrected chi connectivity index (χ4v) is 2.34. The molecule has 0 heterocycles. The van der Waals surface area contributed by atoms with Crippen molar-refractivity contribution < 1.29 is 9.53 Å². The van der Waals surface area contributed by atoms with E-state index in [-0.39, 0.29) is 29.9 Å². The lowest BCUT2D eigenvalue weighted by molar-refractivity contribution is -0.140. The third-order valence-electron chi connectivity index (χ3n) is 3.50. The second-order valence-corrected chi connectivity index (χ2v) is 5.01. The van der Waals surface area contributed by atoms with Gasteiger partial charge in [-0.15, -0.1) is 24.0 Å². The van der Waals surface area contributed by atoms with Gasteiger partial charge in [0.25, 0.3) is 0 Å². The molecule has 0 saturated heterocycles. The Morgan fingerprint density at radius 2 is 1.95 bits per heavy atom. The van der Waals surface area contributed by atoms with Crippen molar-refractivity contribution in [2.75, 3.05) is 20.7 Å². The van der Waals surface area contributed by atoms with Crippen LogP contribution in [0.15, 0.2) is 4.99 Å². The maximum Gasteiger partial charge on any atom is 0.305 e. The summed E-state index contributed by atoms with van der Waals surface area (Å²) in [5, 5.41) is 6.77. The highest BCUT2D eigenvalue weighted by molar-refractivity contribution is 14.0. The van der Waals surface area contributed by atoms with Crippen molar-refractivity contribution in [3.63, 3.8) is 0 Å². The average Bonchev–Trinajstić information content (AvgIpc) is 2.93. The summed E-state index contributed by atoms with van der Waals surface area (Å²) in [7, 11) is 3.24. The molecule has 1 fully saturated rings. The molecule has 20 heavy (non-hydrogen) atoms. The van der Waals surface area contributed by atoms with E-state index in [0.29, 0.717) is 12.5 Å². The Morgan fingerprint density at radius 3 is 2.55 bits per heavy atom. The van der Waals surface area contributed by atoms with Crippen molar-refractivity contribution in [1.82, 2.24) is 10.6 Å². The van der Waals surface area contributed by atoms with E-state index in [1.165, 1.54) is 32.8 Å². The topological polar surface area (TPSA) is 62.7 Å². The highest BCUT2D eigenvalue weighted by Gasteiger charge is 2.15. The minimum Gasteiger partial charge on any atom is -0.469 e. The number of rotatable bonds is 7. The van der Waals surface area contributed by atoms with E-state index < -0.39 is 0 Å². The van der Waals surface area contributed by atoms with Crippen LogP contribution in [0.3, 0.4) is 0 Å². The normalized spacial score (nSPS) is 15.6. The van der Waals surface area contributed by atoms with Gasteiger partial charge in [0.1, 0.15) is 0 Å². The quantitative estimate of drug-likeness (QED) is 0.228. The number of hydrogen-bond acceptors (Lipinski definition) is 3. The molecule has 0 amide bonds. The summed E-state index contributed by atoms with van der Waals surface area (Å²) in [6.07, 6.45) is 8.63. The Labute approximate surface area is 139 Å². The van der Waals surface area contributed by atoms with Crippen LogP contribution in [0, 0.1) is 0 Å². The van der Waals surface area contributed by atoms with Crippen LogP contribution in [0.1, 0.15) is 51.4 Å². The number of halogens is 1. The van der Waals surface area contributed by atoms with E-state index in [1.807, 2.05) is 7.05 Å². The van der Waals surface area contributed by atoms with E-state index in [1.54, 1.807) is 0 Å². The van der Waals surface area contributed by atoms with E-state index >= 15 is 0 Å². The number of unbranched alkanes of at least 4 members (excludes halogenated alkanes) is 2. The van der Waals surface area contributed by atoms with Gasteiger partial charge in [0.15, 0.2) is 5.96 Å². The van der Waals surface area contributed by atoms with E-state index in [9.17, 15) is 4.79 Å². The van der Waals surface area contributed by atoms with E-state index in [2.05, 4.69) is 20.4 Å². The molecule has 1 rings (SSSR count). The Balaban J connectivity index is 0.00000361. The summed E-state index contributed by atoms with van der Waals surface area (Å²) in [5.74, 6) is 0.784. The van der Waals surface area contributed by atoms with Gasteiger partial charge in [-0.05, 0) is 25.7 Å². The third kappa shape index (κ3) is 8.60. The first kappa shape index (κ1) is 19.5. The van der Waals surface area contributed by atoms with Crippen molar-refractivity contribution in [3.05, 3.63) is 0 Å². The number of methoxy groups -OCH3 is 1. The molecule has 0 radical (unpaired) electrons. The smallest absolute Gasteiger partial charge is 0.305 e. The first-order valence-electron chi connectivity index (χ1n) is 7.30. The van der Waals surface area contributed by atoms with Gasteiger partial charge in [0.05, 0.1) is 7.11 Å². The standard InChI is InChI=1S/C14H27N3O2.HI/c1-15-14(17-12-8-5-6-9-12)16-11-7-3-4-10-13(18)19-2;/h12H,3-11H2,1-2H3,(H2,15,16,17);1H. The zero-order valence-corrected chi connectivity index (χ0v) is 14.9. The van der Waals surface area contributed by atoms with Crippen molar-refractivity contribution in [1.29, 1.82) is 0 Å². The monoisotopic (exact) mass is 397 g/mol. The number of esters is 1. The fraction of sp³-hybridized carbons (Fsp3) is 0.857. The van der Waals surface area contributed by atoms with Crippen molar-refractivity contribution in [2.24, 2.45) is 4.99 Å². The first-order valence-corrected chi connectivity index (χ1v) is 7.30. The molecule has 0 atom stereocenters. The molecule has 2 N–H and O–H groups in total. The summed E-state index contributed by atoms with van der Waals surface area (Å²) in [4.78, 5) is 15.2. The molecule has 1 aliphatic rings. The van der Waals surface area contributed by atoms with Gasteiger partial charge in [-0.25, -0.2) is 0 Å². The molecule has 0 unspecified atom stereocenters. The molecule has 6 heteroatoms. The highest BCUT2D eigenvalue weighted by Crippen LogP contribution is 2.17.